The molecule has 31 heavy (non-hydrogen) atoms. The molecule has 1 atom stereocenters. The van der Waals surface area contributed by atoms with Crippen LogP contribution in [0.1, 0.15) is 39.2 Å². The van der Waals surface area contributed by atoms with Gasteiger partial charge in [-0.25, -0.2) is 0 Å². The van der Waals surface area contributed by atoms with Crippen molar-refractivity contribution in [2.24, 2.45) is 0 Å². The fraction of sp³-hybridized carbons (Fsp3) is 0.167. The van der Waals surface area contributed by atoms with Crippen molar-refractivity contribution in [1.82, 2.24) is 4.90 Å². The summed E-state index contributed by atoms with van der Waals surface area (Å²) in [5.74, 6) is -0.500. The molecule has 0 aliphatic rings. The molecule has 0 aliphatic carbocycles. The monoisotopic (exact) mass is 424 g/mol. The minimum Gasteiger partial charge on any atom is -0.435 e. The zero-order valence-electron chi connectivity index (χ0n) is 17.1. The normalized spacial score (nSPS) is 11.6. The van der Waals surface area contributed by atoms with E-state index in [4.69, 9.17) is 0 Å². The second-order valence-electron chi connectivity index (χ2n) is 6.94. The number of carbonyl (C=O) groups is 2. The van der Waals surface area contributed by atoms with Gasteiger partial charge in [0, 0.05) is 23.9 Å². The highest BCUT2D eigenvalue weighted by molar-refractivity contribution is 6.04. The molecule has 0 saturated heterocycles. The van der Waals surface area contributed by atoms with E-state index in [0.717, 1.165) is 5.56 Å². The van der Waals surface area contributed by atoms with Crippen LogP contribution in [0.2, 0.25) is 0 Å². The summed E-state index contributed by atoms with van der Waals surface area (Å²) in [7, 11) is 1.66. The first-order valence-electron chi connectivity index (χ1n) is 9.63. The second-order valence-corrected chi connectivity index (χ2v) is 6.94. The standard InChI is InChI=1S/C24H22F2N2O3/c1-16(28(2)23(30)18-11-13-21(14-12-18)31-24(25)26)19-9-6-10-20(15-19)27-22(29)17-7-4-3-5-8-17/h3-16,24H,1-2H3,(H,27,29). The van der Waals surface area contributed by atoms with Gasteiger partial charge in [0.25, 0.3) is 11.8 Å². The van der Waals surface area contributed by atoms with Gasteiger partial charge in [0.1, 0.15) is 5.75 Å². The third-order valence-corrected chi connectivity index (χ3v) is 4.89. The molecular formula is C24H22F2N2O3. The number of hydrogen-bond acceptors (Lipinski definition) is 3. The summed E-state index contributed by atoms with van der Waals surface area (Å²) in [5, 5.41) is 2.86. The highest BCUT2D eigenvalue weighted by Crippen LogP contribution is 2.24. The van der Waals surface area contributed by atoms with Crippen molar-refractivity contribution in [3.8, 4) is 5.75 Å². The Morgan fingerprint density at radius 1 is 0.903 bits per heavy atom. The summed E-state index contributed by atoms with van der Waals surface area (Å²) >= 11 is 0. The lowest BCUT2D eigenvalue weighted by Gasteiger charge is -2.26. The molecule has 0 heterocycles. The van der Waals surface area contributed by atoms with Gasteiger partial charge >= 0.3 is 6.61 Å². The van der Waals surface area contributed by atoms with Crippen molar-refractivity contribution >= 4 is 17.5 Å². The van der Waals surface area contributed by atoms with Gasteiger partial charge in [0.2, 0.25) is 0 Å². The highest BCUT2D eigenvalue weighted by atomic mass is 19.3. The van der Waals surface area contributed by atoms with E-state index in [-0.39, 0.29) is 23.6 Å². The van der Waals surface area contributed by atoms with Gasteiger partial charge < -0.3 is 15.0 Å². The molecule has 3 aromatic carbocycles. The Labute approximate surface area is 179 Å². The minimum absolute atomic E-state index is 0.0101. The number of anilines is 1. The van der Waals surface area contributed by atoms with E-state index in [9.17, 15) is 18.4 Å². The van der Waals surface area contributed by atoms with Crippen molar-refractivity contribution < 1.29 is 23.1 Å². The van der Waals surface area contributed by atoms with E-state index >= 15 is 0 Å². The summed E-state index contributed by atoms with van der Waals surface area (Å²) in [6.45, 7) is -1.05. The van der Waals surface area contributed by atoms with E-state index in [2.05, 4.69) is 10.1 Å². The molecule has 2 amide bonds. The number of rotatable bonds is 7. The Kier molecular flexibility index (Phi) is 6.97. The summed E-state index contributed by atoms with van der Waals surface area (Å²) < 4.78 is 28.9. The van der Waals surface area contributed by atoms with Gasteiger partial charge in [-0.3, -0.25) is 9.59 Å². The number of nitrogens with zero attached hydrogens (tertiary/aromatic N) is 1. The maximum Gasteiger partial charge on any atom is 0.387 e. The molecule has 3 aromatic rings. The number of amides is 2. The number of carbonyl (C=O) groups excluding carboxylic acids is 2. The summed E-state index contributed by atoms with van der Waals surface area (Å²) in [5.41, 5.74) is 2.35. The maximum atomic E-state index is 12.8. The Hall–Kier alpha value is -3.74. The average Bonchev–Trinajstić information content (AvgIpc) is 2.78. The minimum atomic E-state index is -2.92. The first-order valence-corrected chi connectivity index (χ1v) is 9.63. The zero-order chi connectivity index (χ0) is 22.4. The fourth-order valence-corrected chi connectivity index (χ4v) is 3.05. The van der Waals surface area contributed by atoms with Crippen LogP contribution in [0.15, 0.2) is 78.9 Å². The third kappa shape index (κ3) is 5.66. The number of halogens is 2. The van der Waals surface area contributed by atoms with Crippen LogP contribution in [0.4, 0.5) is 14.5 Å². The van der Waals surface area contributed by atoms with Crippen LogP contribution in [0.5, 0.6) is 5.75 Å². The van der Waals surface area contributed by atoms with Crippen LogP contribution in [-0.2, 0) is 0 Å². The summed E-state index contributed by atoms with van der Waals surface area (Å²) in [6, 6.07) is 21.4. The summed E-state index contributed by atoms with van der Waals surface area (Å²) in [6.07, 6.45) is 0. The van der Waals surface area contributed by atoms with E-state index in [1.54, 1.807) is 48.3 Å². The molecule has 0 bridgehead atoms. The Bertz CT molecular complexity index is 1040. The van der Waals surface area contributed by atoms with Crippen LogP contribution in [-0.4, -0.2) is 30.4 Å². The molecule has 7 heteroatoms. The van der Waals surface area contributed by atoms with E-state index in [0.29, 0.717) is 16.8 Å². The Morgan fingerprint density at radius 2 is 1.58 bits per heavy atom. The van der Waals surface area contributed by atoms with Gasteiger partial charge in [-0.15, -0.1) is 0 Å². The van der Waals surface area contributed by atoms with Gasteiger partial charge in [-0.2, -0.15) is 8.78 Å². The highest BCUT2D eigenvalue weighted by Gasteiger charge is 2.20. The van der Waals surface area contributed by atoms with Gasteiger partial charge in [-0.1, -0.05) is 30.3 Å². The predicted octanol–water partition coefficient (Wildman–Crippen LogP) is 5.37. The molecule has 0 fully saturated rings. The van der Waals surface area contributed by atoms with Crippen molar-refractivity contribution in [3.63, 3.8) is 0 Å². The predicted molar refractivity (Wildman–Crippen MR) is 114 cm³/mol. The lowest BCUT2D eigenvalue weighted by Crippen LogP contribution is -2.29. The molecule has 5 nitrogen and oxygen atoms in total. The van der Waals surface area contributed by atoms with Crippen molar-refractivity contribution in [2.45, 2.75) is 19.6 Å². The SMILES string of the molecule is CC(c1cccc(NC(=O)c2ccccc2)c1)N(C)C(=O)c1ccc(OC(F)F)cc1. The molecule has 1 N–H and O–H groups in total. The van der Waals surface area contributed by atoms with Crippen LogP contribution in [0.25, 0.3) is 0 Å². The van der Waals surface area contributed by atoms with E-state index in [1.165, 1.54) is 24.3 Å². The van der Waals surface area contributed by atoms with E-state index in [1.807, 2.05) is 25.1 Å². The zero-order valence-corrected chi connectivity index (χ0v) is 17.1. The summed E-state index contributed by atoms with van der Waals surface area (Å²) in [4.78, 5) is 26.7. The Balaban J connectivity index is 1.70. The van der Waals surface area contributed by atoms with Crippen LogP contribution in [0.3, 0.4) is 0 Å². The molecule has 0 aliphatic heterocycles. The molecule has 1 unspecified atom stereocenters. The topological polar surface area (TPSA) is 58.6 Å². The number of ether oxygens (including phenoxy) is 1. The molecule has 0 aromatic heterocycles. The number of alkyl halides is 2. The van der Waals surface area contributed by atoms with Gasteiger partial charge in [-0.05, 0) is 61.0 Å². The smallest absolute Gasteiger partial charge is 0.387 e. The van der Waals surface area contributed by atoms with E-state index < -0.39 is 6.61 Å². The number of benzene rings is 3. The molecule has 0 spiro atoms. The average molecular weight is 424 g/mol. The molecule has 160 valence electrons. The van der Waals surface area contributed by atoms with Crippen LogP contribution in [0, 0.1) is 0 Å². The first kappa shape index (κ1) is 22.0. The maximum absolute atomic E-state index is 12.8. The Morgan fingerprint density at radius 3 is 2.23 bits per heavy atom. The largest absolute Gasteiger partial charge is 0.435 e. The molecule has 0 saturated carbocycles. The van der Waals surface area contributed by atoms with Crippen LogP contribution < -0.4 is 10.1 Å². The van der Waals surface area contributed by atoms with Crippen LogP contribution >= 0.6 is 0 Å². The molecular weight excluding hydrogens is 402 g/mol. The second kappa shape index (κ2) is 9.84. The molecule has 0 radical (unpaired) electrons. The lowest BCUT2D eigenvalue weighted by atomic mass is 10.0. The third-order valence-electron chi connectivity index (χ3n) is 4.89. The van der Waals surface area contributed by atoms with Crippen molar-refractivity contribution in [1.29, 1.82) is 0 Å². The van der Waals surface area contributed by atoms with Crippen molar-refractivity contribution in [2.75, 3.05) is 12.4 Å². The lowest BCUT2D eigenvalue weighted by molar-refractivity contribution is -0.0498. The number of hydrogen-bond donors (Lipinski definition) is 1. The van der Waals surface area contributed by atoms with Gasteiger partial charge in [0.15, 0.2) is 0 Å². The number of nitrogens with one attached hydrogen (secondary N) is 1. The fourth-order valence-electron chi connectivity index (χ4n) is 3.05. The molecule has 3 rings (SSSR count). The quantitative estimate of drug-likeness (QED) is 0.555. The first-order chi connectivity index (χ1) is 14.8. The van der Waals surface area contributed by atoms with Crippen molar-refractivity contribution in [3.05, 3.63) is 95.6 Å². The van der Waals surface area contributed by atoms with Gasteiger partial charge in [0.05, 0.1) is 6.04 Å².